The predicted molar refractivity (Wildman–Crippen MR) is 78.7 cm³/mol. The van der Waals surface area contributed by atoms with E-state index < -0.39 is 0 Å². The average molecular weight is 263 g/mol. The van der Waals surface area contributed by atoms with E-state index in [1.54, 1.807) is 0 Å². The Labute approximate surface area is 116 Å². The molecule has 0 aliphatic rings. The van der Waals surface area contributed by atoms with Gasteiger partial charge in [-0.2, -0.15) is 0 Å². The molecular weight excluding hydrogens is 238 g/mol. The number of aromatic nitrogens is 1. The van der Waals surface area contributed by atoms with Crippen LogP contribution in [-0.4, -0.2) is 29.7 Å². The summed E-state index contributed by atoms with van der Waals surface area (Å²) in [6, 6.07) is 2.01. The molecule has 0 saturated heterocycles. The van der Waals surface area contributed by atoms with Crippen LogP contribution in [-0.2, 0) is 13.1 Å². The zero-order chi connectivity index (χ0) is 14.1. The lowest BCUT2D eigenvalue weighted by Crippen LogP contribution is -2.23. The van der Waals surface area contributed by atoms with Gasteiger partial charge >= 0.3 is 0 Å². The van der Waals surface area contributed by atoms with Gasteiger partial charge < -0.3 is 9.84 Å². The number of hydrogen-bond donors (Lipinski definition) is 1. The maximum atomic E-state index is 5.35. The van der Waals surface area contributed by atoms with E-state index >= 15 is 0 Å². The molecule has 0 unspecified atom stereocenters. The van der Waals surface area contributed by atoms with Crippen molar-refractivity contribution in [2.75, 3.05) is 19.6 Å². The van der Waals surface area contributed by atoms with Crippen LogP contribution in [0.1, 0.15) is 25.3 Å². The maximum absolute atomic E-state index is 5.35. The van der Waals surface area contributed by atoms with E-state index in [0.29, 0.717) is 5.92 Å². The maximum Gasteiger partial charge on any atom is 0.151 e. The van der Waals surface area contributed by atoms with Crippen molar-refractivity contribution < 1.29 is 4.52 Å². The zero-order valence-electron chi connectivity index (χ0n) is 12.1. The summed E-state index contributed by atoms with van der Waals surface area (Å²) in [5, 5.41) is 7.42. The van der Waals surface area contributed by atoms with Crippen molar-refractivity contribution in [3.63, 3.8) is 0 Å². The fourth-order valence-electron chi connectivity index (χ4n) is 1.79. The van der Waals surface area contributed by atoms with Gasteiger partial charge in [0.2, 0.25) is 0 Å². The Balaban J connectivity index is 2.44. The van der Waals surface area contributed by atoms with Crippen LogP contribution in [0.25, 0.3) is 0 Å². The van der Waals surface area contributed by atoms with Crippen molar-refractivity contribution in [1.29, 1.82) is 0 Å². The molecule has 4 heteroatoms. The molecule has 0 saturated carbocycles. The van der Waals surface area contributed by atoms with E-state index in [2.05, 4.69) is 42.4 Å². The molecule has 1 rings (SSSR count). The number of nitrogens with zero attached hydrogens (tertiary/aromatic N) is 2. The second-order valence-electron chi connectivity index (χ2n) is 5.08. The minimum atomic E-state index is 0.641. The first kappa shape index (κ1) is 15.7. The molecule has 1 N–H and O–H groups in total. The molecule has 19 heavy (non-hydrogen) atoms. The number of nitrogens with one attached hydrogen (secondary N) is 1. The van der Waals surface area contributed by atoms with Gasteiger partial charge in [-0.3, -0.25) is 4.90 Å². The average Bonchev–Trinajstić information content (AvgIpc) is 2.77. The lowest BCUT2D eigenvalue weighted by Gasteiger charge is -2.16. The molecule has 0 amide bonds. The molecule has 0 aromatic carbocycles. The van der Waals surface area contributed by atoms with Crippen molar-refractivity contribution in [2.24, 2.45) is 5.92 Å². The van der Waals surface area contributed by atoms with Gasteiger partial charge in [0.05, 0.1) is 12.2 Å². The lowest BCUT2D eigenvalue weighted by atomic mass is 10.2. The Kier molecular flexibility index (Phi) is 7.15. The molecule has 106 valence electrons. The Morgan fingerprint density at radius 2 is 2.05 bits per heavy atom. The Bertz CT molecular complexity index is 374. The third kappa shape index (κ3) is 6.36. The van der Waals surface area contributed by atoms with Crippen molar-refractivity contribution in [2.45, 2.75) is 26.9 Å². The standard InChI is InChI=1S/C15H25N3O/c1-5-7-18(8-6-2)12-15-9-14(17-19-15)11-16-10-13(3)4/h5-6,9,13,16H,1-2,7-8,10-12H2,3-4H3. The highest BCUT2D eigenvalue weighted by Gasteiger charge is 2.08. The summed E-state index contributed by atoms with van der Waals surface area (Å²) in [6.45, 7) is 16.0. The quantitative estimate of drug-likeness (QED) is 0.659. The van der Waals surface area contributed by atoms with Crippen molar-refractivity contribution in [3.05, 3.63) is 42.8 Å². The third-order valence-corrected chi connectivity index (χ3v) is 2.62. The van der Waals surface area contributed by atoms with E-state index in [-0.39, 0.29) is 0 Å². The first-order valence-corrected chi connectivity index (χ1v) is 6.75. The van der Waals surface area contributed by atoms with E-state index in [4.69, 9.17) is 4.52 Å². The number of rotatable bonds is 10. The largest absolute Gasteiger partial charge is 0.360 e. The minimum absolute atomic E-state index is 0.641. The normalized spacial score (nSPS) is 11.2. The topological polar surface area (TPSA) is 41.3 Å². The fourth-order valence-corrected chi connectivity index (χ4v) is 1.79. The van der Waals surface area contributed by atoms with Gasteiger partial charge in [-0.05, 0) is 12.5 Å². The van der Waals surface area contributed by atoms with Crippen molar-refractivity contribution >= 4 is 0 Å². The Morgan fingerprint density at radius 1 is 1.37 bits per heavy atom. The highest BCUT2D eigenvalue weighted by Crippen LogP contribution is 2.07. The van der Waals surface area contributed by atoms with Crippen LogP contribution in [0.15, 0.2) is 35.9 Å². The summed E-state index contributed by atoms with van der Waals surface area (Å²) in [5.74, 6) is 1.52. The first-order valence-electron chi connectivity index (χ1n) is 6.75. The monoisotopic (exact) mass is 263 g/mol. The van der Waals surface area contributed by atoms with Gasteiger partial charge in [0.1, 0.15) is 0 Å². The second kappa shape index (κ2) is 8.67. The van der Waals surface area contributed by atoms with Crippen LogP contribution in [0.4, 0.5) is 0 Å². The molecule has 0 bridgehead atoms. The molecule has 1 aromatic heterocycles. The van der Waals surface area contributed by atoms with Gasteiger partial charge in [-0.15, -0.1) is 13.2 Å². The summed E-state index contributed by atoms with van der Waals surface area (Å²) in [5.41, 5.74) is 0.952. The van der Waals surface area contributed by atoms with Gasteiger partial charge in [0, 0.05) is 25.7 Å². The molecule has 0 radical (unpaired) electrons. The molecule has 1 heterocycles. The molecular formula is C15H25N3O. The van der Waals surface area contributed by atoms with Crippen molar-refractivity contribution in [1.82, 2.24) is 15.4 Å². The predicted octanol–water partition coefficient (Wildman–Crippen LogP) is 2.59. The third-order valence-electron chi connectivity index (χ3n) is 2.62. The summed E-state index contributed by atoms with van der Waals surface area (Å²) >= 11 is 0. The summed E-state index contributed by atoms with van der Waals surface area (Å²) < 4.78 is 5.35. The van der Waals surface area contributed by atoms with Crippen LogP contribution >= 0.6 is 0 Å². The molecule has 0 atom stereocenters. The number of hydrogen-bond acceptors (Lipinski definition) is 4. The Hall–Kier alpha value is -1.39. The summed E-state index contributed by atoms with van der Waals surface area (Å²) in [6.07, 6.45) is 3.76. The van der Waals surface area contributed by atoms with E-state index in [1.807, 2.05) is 18.2 Å². The first-order chi connectivity index (χ1) is 9.15. The molecule has 4 nitrogen and oxygen atoms in total. The zero-order valence-corrected chi connectivity index (χ0v) is 12.1. The highest BCUT2D eigenvalue weighted by atomic mass is 16.5. The molecule has 0 aliphatic carbocycles. The van der Waals surface area contributed by atoms with Crippen LogP contribution in [0, 0.1) is 5.92 Å². The van der Waals surface area contributed by atoms with E-state index in [9.17, 15) is 0 Å². The van der Waals surface area contributed by atoms with Crippen LogP contribution in [0.5, 0.6) is 0 Å². The second-order valence-corrected chi connectivity index (χ2v) is 5.08. The highest BCUT2D eigenvalue weighted by molar-refractivity contribution is 5.05. The SMILES string of the molecule is C=CCN(CC=C)Cc1cc(CNCC(C)C)no1. The molecule has 0 fully saturated rings. The minimum Gasteiger partial charge on any atom is -0.360 e. The smallest absolute Gasteiger partial charge is 0.151 e. The van der Waals surface area contributed by atoms with Gasteiger partial charge in [-0.25, -0.2) is 0 Å². The molecule has 0 spiro atoms. The van der Waals surface area contributed by atoms with Gasteiger partial charge in [0.15, 0.2) is 5.76 Å². The van der Waals surface area contributed by atoms with Gasteiger partial charge in [0.25, 0.3) is 0 Å². The lowest BCUT2D eigenvalue weighted by molar-refractivity contribution is 0.270. The van der Waals surface area contributed by atoms with Crippen LogP contribution in [0.2, 0.25) is 0 Å². The fraction of sp³-hybridized carbons (Fsp3) is 0.533. The van der Waals surface area contributed by atoms with Crippen LogP contribution in [0.3, 0.4) is 0 Å². The Morgan fingerprint density at radius 3 is 2.63 bits per heavy atom. The van der Waals surface area contributed by atoms with Crippen molar-refractivity contribution in [3.8, 4) is 0 Å². The molecule has 1 aromatic rings. The summed E-state index contributed by atoms with van der Waals surface area (Å²) in [7, 11) is 0. The van der Waals surface area contributed by atoms with E-state index in [1.165, 1.54) is 0 Å². The summed E-state index contributed by atoms with van der Waals surface area (Å²) in [4.78, 5) is 2.19. The van der Waals surface area contributed by atoms with E-state index in [0.717, 1.165) is 44.2 Å². The van der Waals surface area contributed by atoms with Gasteiger partial charge in [-0.1, -0.05) is 31.2 Å². The molecule has 0 aliphatic heterocycles. The van der Waals surface area contributed by atoms with Crippen LogP contribution < -0.4 is 5.32 Å².